The number of carboxylic acid groups (broad SMARTS) is 1. The molecule has 0 saturated heterocycles. The summed E-state index contributed by atoms with van der Waals surface area (Å²) in [4.78, 5) is 23.9. The number of carboxylic acids is 1. The second kappa shape index (κ2) is 6.60. The molecule has 0 atom stereocenters. The summed E-state index contributed by atoms with van der Waals surface area (Å²) in [6.07, 6.45) is 0. The predicted molar refractivity (Wildman–Crippen MR) is 83.3 cm³/mol. The van der Waals surface area contributed by atoms with Crippen molar-refractivity contribution in [1.29, 1.82) is 0 Å². The van der Waals surface area contributed by atoms with Crippen LogP contribution >= 0.6 is 22.9 Å². The monoisotopic (exact) mass is 324 g/mol. The van der Waals surface area contributed by atoms with Crippen LogP contribution in [-0.2, 0) is 6.54 Å². The molecule has 7 heteroatoms. The number of nitrogens with one attached hydrogen (secondary N) is 2. The molecule has 0 radical (unpaired) electrons. The molecule has 1 heterocycles. The lowest BCUT2D eigenvalue weighted by atomic mass is 10.1. The molecule has 0 aliphatic carbocycles. The van der Waals surface area contributed by atoms with Gasteiger partial charge in [-0.05, 0) is 31.2 Å². The lowest BCUT2D eigenvalue weighted by Gasteiger charge is -2.10. The molecule has 0 aliphatic rings. The van der Waals surface area contributed by atoms with Gasteiger partial charge in [0.25, 0.3) is 0 Å². The van der Waals surface area contributed by atoms with Gasteiger partial charge in [0.2, 0.25) is 0 Å². The highest BCUT2D eigenvalue weighted by Crippen LogP contribution is 2.21. The fourth-order valence-electron chi connectivity index (χ4n) is 1.72. The van der Waals surface area contributed by atoms with E-state index >= 15 is 0 Å². The van der Waals surface area contributed by atoms with Gasteiger partial charge in [-0.2, -0.15) is 0 Å². The Morgan fingerprint density at radius 3 is 2.67 bits per heavy atom. The fraction of sp³-hybridized carbons (Fsp3) is 0.143. The quantitative estimate of drug-likeness (QED) is 0.801. The van der Waals surface area contributed by atoms with Crippen molar-refractivity contribution in [1.82, 2.24) is 5.32 Å². The topological polar surface area (TPSA) is 78.4 Å². The third-order valence-corrected chi connectivity index (χ3v) is 3.94. The van der Waals surface area contributed by atoms with Gasteiger partial charge in [-0.3, -0.25) is 0 Å². The van der Waals surface area contributed by atoms with E-state index in [1.165, 1.54) is 17.4 Å². The number of rotatable bonds is 4. The van der Waals surface area contributed by atoms with Crippen molar-refractivity contribution in [3.05, 3.63) is 50.7 Å². The molecular formula is C14H13ClN2O3S. The predicted octanol–water partition coefficient (Wildman–Crippen LogP) is 3.73. The molecular weight excluding hydrogens is 312 g/mol. The largest absolute Gasteiger partial charge is 0.478 e. The van der Waals surface area contributed by atoms with Gasteiger partial charge in [0.15, 0.2) is 0 Å². The van der Waals surface area contributed by atoms with Crippen LogP contribution in [0.25, 0.3) is 0 Å². The molecule has 1 aromatic heterocycles. The average Bonchev–Trinajstić information content (AvgIpc) is 2.84. The molecule has 2 aromatic rings. The van der Waals surface area contributed by atoms with Gasteiger partial charge < -0.3 is 15.7 Å². The molecule has 0 bridgehead atoms. The van der Waals surface area contributed by atoms with Crippen LogP contribution in [0.1, 0.15) is 20.8 Å². The number of amides is 2. The molecule has 0 saturated carbocycles. The van der Waals surface area contributed by atoms with Crippen molar-refractivity contribution >= 4 is 40.6 Å². The van der Waals surface area contributed by atoms with Crippen LogP contribution in [0.4, 0.5) is 10.5 Å². The molecule has 3 N–H and O–H groups in total. The molecule has 110 valence electrons. The number of carbonyl (C=O) groups excluding carboxylic acids is 1. The van der Waals surface area contributed by atoms with Crippen LogP contribution in [0.5, 0.6) is 0 Å². The SMILES string of the molecule is Cc1ccc(NC(=O)NCc2ccc(Cl)s2)c(C(=O)O)c1. The van der Waals surface area contributed by atoms with Gasteiger partial charge in [0.05, 0.1) is 22.1 Å². The number of aryl methyl sites for hydroxylation is 1. The summed E-state index contributed by atoms with van der Waals surface area (Å²) in [6, 6.07) is 7.93. The van der Waals surface area contributed by atoms with Crippen molar-refractivity contribution in [2.45, 2.75) is 13.5 Å². The first-order valence-corrected chi connectivity index (χ1v) is 7.28. The molecule has 1 aromatic carbocycles. The van der Waals surface area contributed by atoms with Gasteiger partial charge in [-0.1, -0.05) is 23.2 Å². The summed E-state index contributed by atoms with van der Waals surface area (Å²) in [5.41, 5.74) is 1.13. The van der Waals surface area contributed by atoms with Crippen molar-refractivity contribution in [3.63, 3.8) is 0 Å². The van der Waals surface area contributed by atoms with Crippen molar-refractivity contribution in [2.75, 3.05) is 5.32 Å². The molecule has 0 aliphatic heterocycles. The van der Waals surface area contributed by atoms with E-state index < -0.39 is 12.0 Å². The maximum Gasteiger partial charge on any atom is 0.337 e. The summed E-state index contributed by atoms with van der Waals surface area (Å²) < 4.78 is 0.652. The van der Waals surface area contributed by atoms with E-state index in [2.05, 4.69) is 10.6 Å². The van der Waals surface area contributed by atoms with Gasteiger partial charge in [-0.15, -0.1) is 11.3 Å². The summed E-state index contributed by atoms with van der Waals surface area (Å²) in [5, 5.41) is 14.3. The number of benzene rings is 1. The van der Waals surface area contributed by atoms with Crippen LogP contribution in [-0.4, -0.2) is 17.1 Å². The number of anilines is 1. The van der Waals surface area contributed by atoms with Gasteiger partial charge in [0.1, 0.15) is 0 Å². The van der Waals surface area contributed by atoms with E-state index in [-0.39, 0.29) is 11.3 Å². The first-order valence-electron chi connectivity index (χ1n) is 6.08. The second-order valence-electron chi connectivity index (χ2n) is 4.37. The summed E-state index contributed by atoms with van der Waals surface area (Å²) in [6.45, 7) is 2.12. The van der Waals surface area contributed by atoms with Crippen molar-refractivity contribution < 1.29 is 14.7 Å². The van der Waals surface area contributed by atoms with Gasteiger partial charge in [-0.25, -0.2) is 9.59 Å². The standard InChI is InChI=1S/C14H13ClN2O3S/c1-8-2-4-11(10(6-8)13(18)19)17-14(20)16-7-9-3-5-12(15)21-9/h2-6H,7H2,1H3,(H,18,19)(H2,16,17,20). The zero-order valence-electron chi connectivity index (χ0n) is 11.1. The lowest BCUT2D eigenvalue weighted by molar-refractivity contribution is 0.0698. The van der Waals surface area contributed by atoms with Gasteiger partial charge in [0, 0.05) is 4.88 Å². The Hall–Kier alpha value is -2.05. The van der Waals surface area contributed by atoms with Crippen LogP contribution in [0.3, 0.4) is 0 Å². The zero-order chi connectivity index (χ0) is 15.4. The second-order valence-corrected chi connectivity index (χ2v) is 6.17. The Morgan fingerprint density at radius 1 is 1.29 bits per heavy atom. The Balaban J connectivity index is 2.01. The normalized spacial score (nSPS) is 10.2. The van der Waals surface area contributed by atoms with E-state index in [0.29, 0.717) is 10.9 Å². The Labute approximate surface area is 130 Å². The van der Waals surface area contributed by atoms with Crippen LogP contribution in [0.15, 0.2) is 30.3 Å². The zero-order valence-corrected chi connectivity index (χ0v) is 12.7. The molecule has 0 fully saturated rings. The van der Waals surface area contributed by atoms with E-state index in [1.807, 2.05) is 6.07 Å². The summed E-state index contributed by atoms with van der Waals surface area (Å²) in [7, 11) is 0. The van der Waals surface area contributed by atoms with E-state index in [4.69, 9.17) is 16.7 Å². The van der Waals surface area contributed by atoms with E-state index in [0.717, 1.165) is 10.4 Å². The number of halogens is 1. The number of thiophene rings is 1. The Morgan fingerprint density at radius 2 is 2.05 bits per heavy atom. The Kier molecular flexibility index (Phi) is 4.82. The number of urea groups is 1. The molecule has 0 spiro atoms. The lowest BCUT2D eigenvalue weighted by Crippen LogP contribution is -2.28. The van der Waals surface area contributed by atoms with Crippen LogP contribution in [0.2, 0.25) is 4.34 Å². The number of aromatic carboxylic acids is 1. The maximum atomic E-state index is 11.8. The van der Waals surface area contributed by atoms with Crippen LogP contribution < -0.4 is 10.6 Å². The van der Waals surface area contributed by atoms with E-state index in [9.17, 15) is 9.59 Å². The minimum atomic E-state index is -1.08. The smallest absolute Gasteiger partial charge is 0.337 e. The minimum absolute atomic E-state index is 0.0596. The molecule has 2 rings (SSSR count). The third kappa shape index (κ3) is 4.21. The molecule has 0 unspecified atom stereocenters. The van der Waals surface area contributed by atoms with E-state index in [1.54, 1.807) is 25.1 Å². The fourth-order valence-corrected chi connectivity index (χ4v) is 2.75. The Bertz CT molecular complexity index is 685. The highest BCUT2D eigenvalue weighted by atomic mass is 35.5. The number of carbonyl (C=O) groups is 2. The van der Waals surface area contributed by atoms with Gasteiger partial charge >= 0.3 is 12.0 Å². The third-order valence-electron chi connectivity index (χ3n) is 2.71. The molecule has 2 amide bonds. The summed E-state index contributed by atoms with van der Waals surface area (Å²) in [5.74, 6) is -1.08. The van der Waals surface area contributed by atoms with Crippen molar-refractivity contribution in [3.8, 4) is 0 Å². The number of hydrogen-bond acceptors (Lipinski definition) is 3. The first-order chi connectivity index (χ1) is 9.95. The number of hydrogen-bond donors (Lipinski definition) is 3. The molecule has 21 heavy (non-hydrogen) atoms. The van der Waals surface area contributed by atoms with Crippen molar-refractivity contribution in [2.24, 2.45) is 0 Å². The maximum absolute atomic E-state index is 11.8. The van der Waals surface area contributed by atoms with Crippen LogP contribution in [0, 0.1) is 6.92 Å². The highest BCUT2D eigenvalue weighted by Gasteiger charge is 2.12. The summed E-state index contributed by atoms with van der Waals surface area (Å²) >= 11 is 7.18. The first kappa shape index (κ1) is 15.3. The average molecular weight is 325 g/mol. The minimum Gasteiger partial charge on any atom is -0.478 e. The molecule has 5 nitrogen and oxygen atoms in total. The highest BCUT2D eigenvalue weighted by molar-refractivity contribution is 7.16.